The maximum atomic E-state index is 11.9. The summed E-state index contributed by atoms with van der Waals surface area (Å²) in [6.07, 6.45) is 0. The molecule has 5 heteroatoms. The summed E-state index contributed by atoms with van der Waals surface area (Å²) in [6, 6.07) is 7.72. The predicted molar refractivity (Wildman–Crippen MR) is 65.6 cm³/mol. The largest absolute Gasteiger partial charge is 0.478 e. The van der Waals surface area contributed by atoms with Gasteiger partial charge in [0.15, 0.2) is 0 Å². The Morgan fingerprint density at radius 1 is 1.24 bits per heavy atom. The van der Waals surface area contributed by atoms with Crippen LogP contribution in [0.1, 0.15) is 25.6 Å². The molecule has 2 aromatic rings. The van der Waals surface area contributed by atoms with E-state index in [1.807, 2.05) is 5.38 Å². The summed E-state index contributed by atoms with van der Waals surface area (Å²) in [5, 5.41) is 10.6. The number of hydrogen-bond acceptors (Lipinski definition) is 4. The monoisotopic (exact) mass is 247 g/mol. The van der Waals surface area contributed by atoms with Gasteiger partial charge in [-0.2, -0.15) is 0 Å². The van der Waals surface area contributed by atoms with Crippen LogP contribution in [0.4, 0.5) is 5.69 Å². The molecular formula is C12H9NO3S. The first-order chi connectivity index (χ1) is 8.09. The number of carbonyl (C=O) groups is 2. The lowest BCUT2D eigenvalue weighted by molar-refractivity contribution is 0.0697. The second-order valence-corrected chi connectivity index (χ2v) is 4.36. The minimum Gasteiger partial charge on any atom is -0.478 e. The average Bonchev–Trinajstić information content (AvgIpc) is 2.80. The van der Waals surface area contributed by atoms with Crippen molar-refractivity contribution in [3.05, 3.63) is 51.7 Å². The van der Waals surface area contributed by atoms with E-state index in [1.165, 1.54) is 29.5 Å². The van der Waals surface area contributed by atoms with Gasteiger partial charge in [0.05, 0.1) is 10.4 Å². The molecule has 0 radical (unpaired) electrons. The summed E-state index contributed by atoms with van der Waals surface area (Å²) >= 11 is 1.34. The lowest BCUT2D eigenvalue weighted by Crippen LogP contribution is -2.05. The predicted octanol–water partition coefficient (Wildman–Crippen LogP) is 2.26. The fourth-order valence-corrected chi connectivity index (χ4v) is 2.13. The van der Waals surface area contributed by atoms with Crippen molar-refractivity contribution >= 4 is 28.8 Å². The number of aromatic carboxylic acids is 1. The van der Waals surface area contributed by atoms with Gasteiger partial charge < -0.3 is 10.8 Å². The van der Waals surface area contributed by atoms with Crippen molar-refractivity contribution in [3.63, 3.8) is 0 Å². The highest BCUT2D eigenvalue weighted by Gasteiger charge is 2.13. The Kier molecular flexibility index (Phi) is 2.93. The first-order valence-corrected chi connectivity index (χ1v) is 5.68. The van der Waals surface area contributed by atoms with Crippen LogP contribution in [0.3, 0.4) is 0 Å². The molecule has 0 amide bonds. The van der Waals surface area contributed by atoms with Crippen LogP contribution >= 0.6 is 11.3 Å². The molecule has 1 aromatic heterocycles. The summed E-state index contributed by atoms with van der Waals surface area (Å²) in [4.78, 5) is 23.3. The molecule has 0 aliphatic carbocycles. The summed E-state index contributed by atoms with van der Waals surface area (Å²) in [6.45, 7) is 0. The molecule has 3 N–H and O–H groups in total. The molecule has 0 unspecified atom stereocenters. The van der Waals surface area contributed by atoms with Gasteiger partial charge >= 0.3 is 5.97 Å². The highest BCUT2D eigenvalue weighted by molar-refractivity contribution is 7.12. The molecule has 17 heavy (non-hydrogen) atoms. The van der Waals surface area contributed by atoms with Gasteiger partial charge in [0.25, 0.3) is 0 Å². The highest BCUT2D eigenvalue weighted by Crippen LogP contribution is 2.19. The molecule has 1 heterocycles. The Hall–Kier alpha value is -2.14. The average molecular weight is 247 g/mol. The Morgan fingerprint density at radius 2 is 2.00 bits per heavy atom. The second kappa shape index (κ2) is 4.39. The number of nitrogens with two attached hydrogens (primary N) is 1. The first kappa shape index (κ1) is 11.3. The number of benzene rings is 1. The normalized spacial score (nSPS) is 10.1. The van der Waals surface area contributed by atoms with E-state index in [9.17, 15) is 9.59 Å². The van der Waals surface area contributed by atoms with Crippen molar-refractivity contribution in [2.24, 2.45) is 0 Å². The summed E-state index contributed by atoms with van der Waals surface area (Å²) < 4.78 is 0. The molecule has 0 spiro atoms. The van der Waals surface area contributed by atoms with Gasteiger partial charge in [-0.15, -0.1) is 11.3 Å². The smallest absolute Gasteiger partial charge is 0.337 e. The molecule has 0 saturated carbocycles. The number of nitrogen functional groups attached to an aromatic ring is 1. The minimum absolute atomic E-state index is 0.00716. The zero-order valence-corrected chi connectivity index (χ0v) is 9.53. The topological polar surface area (TPSA) is 80.4 Å². The van der Waals surface area contributed by atoms with Crippen molar-refractivity contribution < 1.29 is 14.7 Å². The van der Waals surface area contributed by atoms with E-state index in [0.717, 1.165) is 0 Å². The number of anilines is 1. The second-order valence-electron chi connectivity index (χ2n) is 3.41. The molecule has 86 valence electrons. The van der Waals surface area contributed by atoms with Crippen LogP contribution in [-0.2, 0) is 0 Å². The van der Waals surface area contributed by atoms with Gasteiger partial charge in [-0.05, 0) is 29.6 Å². The standard InChI is InChI=1S/C12H9NO3S/c13-9-6-7(3-4-8(9)12(15)16)11(14)10-2-1-5-17-10/h1-6H,13H2,(H,15,16). The zero-order valence-electron chi connectivity index (χ0n) is 8.71. The highest BCUT2D eigenvalue weighted by atomic mass is 32.1. The Balaban J connectivity index is 2.39. The number of ketones is 1. The molecule has 0 bridgehead atoms. The summed E-state index contributed by atoms with van der Waals surface area (Å²) in [5.41, 5.74) is 6.09. The minimum atomic E-state index is -1.10. The maximum absolute atomic E-state index is 11.9. The fourth-order valence-electron chi connectivity index (χ4n) is 1.45. The Bertz CT molecular complexity index is 575. The Morgan fingerprint density at radius 3 is 2.53 bits per heavy atom. The number of carboxylic acids is 1. The van der Waals surface area contributed by atoms with Gasteiger partial charge in [-0.3, -0.25) is 4.79 Å². The van der Waals surface area contributed by atoms with E-state index < -0.39 is 5.97 Å². The lowest BCUT2D eigenvalue weighted by Gasteiger charge is -2.03. The van der Waals surface area contributed by atoms with Gasteiger partial charge in [0, 0.05) is 11.3 Å². The SMILES string of the molecule is Nc1cc(C(=O)c2cccs2)ccc1C(=O)O. The third kappa shape index (κ3) is 2.19. The van der Waals surface area contributed by atoms with Gasteiger partial charge in [0.1, 0.15) is 0 Å². The molecule has 0 aliphatic heterocycles. The third-order valence-electron chi connectivity index (χ3n) is 2.29. The Labute approximate surface area is 101 Å². The van der Waals surface area contributed by atoms with Crippen LogP contribution in [-0.4, -0.2) is 16.9 Å². The van der Waals surface area contributed by atoms with Crippen molar-refractivity contribution in [1.29, 1.82) is 0 Å². The fraction of sp³-hybridized carbons (Fsp3) is 0. The summed E-state index contributed by atoms with van der Waals surface area (Å²) in [5.74, 6) is -1.25. The van der Waals surface area contributed by atoms with Crippen LogP contribution in [0.2, 0.25) is 0 Å². The third-order valence-corrected chi connectivity index (χ3v) is 3.16. The molecule has 2 rings (SSSR count). The van der Waals surface area contributed by atoms with Gasteiger partial charge in [-0.25, -0.2) is 4.79 Å². The van der Waals surface area contributed by atoms with Gasteiger partial charge in [0.2, 0.25) is 5.78 Å². The van der Waals surface area contributed by atoms with Crippen LogP contribution in [0.25, 0.3) is 0 Å². The summed E-state index contributed by atoms with van der Waals surface area (Å²) in [7, 11) is 0. The van der Waals surface area contributed by atoms with E-state index in [4.69, 9.17) is 10.8 Å². The zero-order chi connectivity index (χ0) is 12.4. The molecule has 4 nitrogen and oxygen atoms in total. The van der Waals surface area contributed by atoms with E-state index in [1.54, 1.807) is 12.1 Å². The number of rotatable bonds is 3. The van der Waals surface area contributed by atoms with Gasteiger partial charge in [-0.1, -0.05) is 6.07 Å². The quantitative estimate of drug-likeness (QED) is 0.644. The number of thiophene rings is 1. The van der Waals surface area contributed by atoms with E-state index in [-0.39, 0.29) is 17.0 Å². The van der Waals surface area contributed by atoms with E-state index >= 15 is 0 Å². The molecule has 0 fully saturated rings. The molecular weight excluding hydrogens is 238 g/mol. The molecule has 1 aromatic carbocycles. The lowest BCUT2D eigenvalue weighted by atomic mass is 10.1. The van der Waals surface area contributed by atoms with Crippen LogP contribution in [0.5, 0.6) is 0 Å². The van der Waals surface area contributed by atoms with E-state index in [0.29, 0.717) is 10.4 Å². The van der Waals surface area contributed by atoms with Crippen molar-refractivity contribution in [2.45, 2.75) is 0 Å². The number of carbonyl (C=O) groups excluding carboxylic acids is 1. The van der Waals surface area contributed by atoms with Crippen molar-refractivity contribution in [2.75, 3.05) is 5.73 Å². The molecule has 0 aliphatic rings. The van der Waals surface area contributed by atoms with Crippen molar-refractivity contribution in [1.82, 2.24) is 0 Å². The van der Waals surface area contributed by atoms with Crippen LogP contribution in [0, 0.1) is 0 Å². The van der Waals surface area contributed by atoms with E-state index in [2.05, 4.69) is 0 Å². The van der Waals surface area contributed by atoms with Crippen LogP contribution in [0.15, 0.2) is 35.7 Å². The molecule has 0 atom stereocenters. The molecule has 0 saturated heterocycles. The number of hydrogen-bond donors (Lipinski definition) is 2. The first-order valence-electron chi connectivity index (χ1n) is 4.80. The maximum Gasteiger partial charge on any atom is 0.337 e. The van der Waals surface area contributed by atoms with Crippen LogP contribution < -0.4 is 5.73 Å². The number of carboxylic acid groups (broad SMARTS) is 1. The van der Waals surface area contributed by atoms with Crippen molar-refractivity contribution in [3.8, 4) is 0 Å².